The second-order valence-corrected chi connectivity index (χ2v) is 4.92. The van der Waals surface area contributed by atoms with Crippen molar-refractivity contribution in [2.24, 2.45) is 0 Å². The largest absolute Gasteiger partial charge is 0.384 e. The molecule has 1 aromatic heterocycles. The van der Waals surface area contributed by atoms with E-state index in [2.05, 4.69) is 23.7 Å². The molecule has 3 heteroatoms. The fraction of sp³-hybridized carbons (Fsp3) is 0.643. The van der Waals surface area contributed by atoms with Crippen LogP contribution in [0.1, 0.15) is 46.2 Å². The molecule has 0 spiro atoms. The molecule has 0 aromatic carbocycles. The molecule has 0 aliphatic heterocycles. The molecule has 17 heavy (non-hydrogen) atoms. The monoisotopic (exact) mass is 236 g/mol. The van der Waals surface area contributed by atoms with E-state index in [1.54, 1.807) is 20.0 Å². The molecule has 0 unspecified atom stereocenters. The van der Waals surface area contributed by atoms with E-state index in [0.717, 1.165) is 37.3 Å². The summed E-state index contributed by atoms with van der Waals surface area (Å²) in [6, 6.07) is 3.98. The molecular formula is C14H24N2O. The summed E-state index contributed by atoms with van der Waals surface area (Å²) in [6.45, 7) is 9.92. The molecule has 96 valence electrons. The van der Waals surface area contributed by atoms with Crippen LogP contribution in [0.15, 0.2) is 18.3 Å². The minimum atomic E-state index is -0.893. The fourth-order valence-corrected chi connectivity index (χ4v) is 2.02. The Hall–Kier alpha value is -1.09. The Bertz CT molecular complexity index is 338. The number of pyridine rings is 1. The van der Waals surface area contributed by atoms with Gasteiger partial charge < -0.3 is 10.0 Å². The van der Waals surface area contributed by atoms with Gasteiger partial charge in [0.25, 0.3) is 0 Å². The third-order valence-electron chi connectivity index (χ3n) is 2.69. The first-order valence-electron chi connectivity index (χ1n) is 6.43. The Balaban J connectivity index is 3.09. The van der Waals surface area contributed by atoms with Crippen LogP contribution in [0.25, 0.3) is 0 Å². The Morgan fingerprint density at radius 3 is 2.29 bits per heavy atom. The molecule has 0 fully saturated rings. The van der Waals surface area contributed by atoms with Crippen molar-refractivity contribution in [1.29, 1.82) is 0 Å². The number of hydrogen-bond acceptors (Lipinski definition) is 3. The van der Waals surface area contributed by atoms with E-state index in [-0.39, 0.29) is 0 Å². The van der Waals surface area contributed by atoms with Crippen LogP contribution < -0.4 is 4.90 Å². The molecule has 1 aromatic rings. The topological polar surface area (TPSA) is 36.4 Å². The summed E-state index contributed by atoms with van der Waals surface area (Å²) in [6.07, 6.45) is 3.94. The molecule has 0 saturated carbocycles. The maximum atomic E-state index is 10.2. The van der Waals surface area contributed by atoms with Crippen molar-refractivity contribution in [2.45, 2.75) is 46.1 Å². The summed E-state index contributed by atoms with van der Waals surface area (Å²) in [7, 11) is 0. The number of nitrogens with zero attached hydrogens (tertiary/aromatic N) is 2. The second kappa shape index (κ2) is 6.01. The van der Waals surface area contributed by atoms with Gasteiger partial charge in [-0.2, -0.15) is 0 Å². The number of anilines is 1. The lowest BCUT2D eigenvalue weighted by Crippen LogP contribution is -2.29. The maximum absolute atomic E-state index is 10.2. The molecule has 1 N–H and O–H groups in total. The average Bonchev–Trinajstić information content (AvgIpc) is 2.28. The zero-order valence-electron chi connectivity index (χ0n) is 11.4. The smallest absolute Gasteiger partial charge is 0.103 e. The van der Waals surface area contributed by atoms with Gasteiger partial charge in [-0.3, -0.25) is 4.98 Å². The van der Waals surface area contributed by atoms with Crippen molar-refractivity contribution in [3.63, 3.8) is 0 Å². The minimum absolute atomic E-state index is 0.766. The van der Waals surface area contributed by atoms with E-state index < -0.39 is 5.60 Å². The highest BCUT2D eigenvalue weighted by Crippen LogP contribution is 2.28. The highest BCUT2D eigenvalue weighted by atomic mass is 16.3. The maximum Gasteiger partial charge on any atom is 0.103 e. The Morgan fingerprint density at radius 1 is 1.24 bits per heavy atom. The lowest BCUT2D eigenvalue weighted by molar-refractivity contribution is 0.0743. The molecular weight excluding hydrogens is 212 g/mol. The van der Waals surface area contributed by atoms with Gasteiger partial charge in [0.05, 0.1) is 11.4 Å². The van der Waals surface area contributed by atoms with Gasteiger partial charge in [-0.05, 0) is 38.8 Å². The summed E-state index contributed by atoms with van der Waals surface area (Å²) in [5.74, 6) is 0. The number of hydrogen-bond donors (Lipinski definition) is 1. The van der Waals surface area contributed by atoms with Crippen LogP contribution in [0.5, 0.6) is 0 Å². The fourth-order valence-electron chi connectivity index (χ4n) is 2.02. The van der Waals surface area contributed by atoms with Gasteiger partial charge in [-0.25, -0.2) is 0 Å². The van der Waals surface area contributed by atoms with Gasteiger partial charge in [0.15, 0.2) is 0 Å². The van der Waals surface area contributed by atoms with Crippen molar-refractivity contribution >= 4 is 5.69 Å². The Labute approximate surface area is 104 Å². The lowest BCUT2D eigenvalue weighted by atomic mass is 10.0. The Morgan fingerprint density at radius 2 is 1.82 bits per heavy atom. The lowest BCUT2D eigenvalue weighted by Gasteiger charge is -2.29. The predicted octanol–water partition coefficient (Wildman–Crippen LogP) is 2.94. The highest BCUT2D eigenvalue weighted by Gasteiger charge is 2.23. The van der Waals surface area contributed by atoms with E-state index in [0.29, 0.717) is 0 Å². The normalized spacial score (nSPS) is 11.6. The van der Waals surface area contributed by atoms with Gasteiger partial charge >= 0.3 is 0 Å². The summed E-state index contributed by atoms with van der Waals surface area (Å²) in [5, 5.41) is 10.2. The molecule has 0 saturated heterocycles. The molecule has 1 rings (SSSR count). The first-order chi connectivity index (χ1) is 8.00. The zero-order chi connectivity index (χ0) is 12.9. The van der Waals surface area contributed by atoms with Crippen LogP contribution >= 0.6 is 0 Å². The van der Waals surface area contributed by atoms with Gasteiger partial charge in [-0.1, -0.05) is 13.8 Å². The van der Waals surface area contributed by atoms with Crippen molar-refractivity contribution in [3.8, 4) is 0 Å². The van der Waals surface area contributed by atoms with Crippen LogP contribution in [0.4, 0.5) is 5.69 Å². The van der Waals surface area contributed by atoms with Crippen LogP contribution in [-0.2, 0) is 5.60 Å². The zero-order valence-corrected chi connectivity index (χ0v) is 11.4. The average molecular weight is 236 g/mol. The predicted molar refractivity (Wildman–Crippen MR) is 72.3 cm³/mol. The third-order valence-corrected chi connectivity index (χ3v) is 2.69. The SMILES string of the molecule is CCCN(CCC)c1cccnc1C(C)(C)O. The summed E-state index contributed by atoms with van der Waals surface area (Å²) >= 11 is 0. The van der Waals surface area contributed by atoms with Crippen LogP contribution in [0, 0.1) is 0 Å². The van der Waals surface area contributed by atoms with Crippen LogP contribution in [0.3, 0.4) is 0 Å². The van der Waals surface area contributed by atoms with Crippen molar-refractivity contribution in [1.82, 2.24) is 4.98 Å². The summed E-state index contributed by atoms with van der Waals surface area (Å²) in [4.78, 5) is 6.65. The molecule has 0 aliphatic carbocycles. The summed E-state index contributed by atoms with van der Waals surface area (Å²) in [5.41, 5.74) is 0.932. The van der Waals surface area contributed by atoms with E-state index in [1.165, 1.54) is 0 Å². The van der Waals surface area contributed by atoms with Crippen molar-refractivity contribution in [2.75, 3.05) is 18.0 Å². The number of rotatable bonds is 6. The van der Waals surface area contributed by atoms with Crippen LogP contribution in [-0.4, -0.2) is 23.2 Å². The molecule has 0 atom stereocenters. The van der Waals surface area contributed by atoms with Gasteiger partial charge in [0.2, 0.25) is 0 Å². The highest BCUT2D eigenvalue weighted by molar-refractivity contribution is 5.52. The molecule has 0 amide bonds. The molecule has 0 aliphatic rings. The molecule has 3 nitrogen and oxygen atoms in total. The van der Waals surface area contributed by atoms with E-state index in [4.69, 9.17) is 0 Å². The standard InChI is InChI=1S/C14H24N2O/c1-5-10-16(11-6-2)12-8-7-9-15-13(12)14(3,4)17/h7-9,17H,5-6,10-11H2,1-4H3. The summed E-state index contributed by atoms with van der Waals surface area (Å²) < 4.78 is 0. The Kier molecular flexibility index (Phi) is 4.94. The number of aromatic nitrogens is 1. The van der Waals surface area contributed by atoms with Gasteiger partial charge in [-0.15, -0.1) is 0 Å². The van der Waals surface area contributed by atoms with E-state index in [9.17, 15) is 5.11 Å². The van der Waals surface area contributed by atoms with Crippen molar-refractivity contribution in [3.05, 3.63) is 24.0 Å². The first kappa shape index (κ1) is 14.0. The van der Waals surface area contributed by atoms with E-state index in [1.807, 2.05) is 12.1 Å². The third kappa shape index (κ3) is 3.70. The van der Waals surface area contributed by atoms with Gasteiger partial charge in [0, 0.05) is 19.3 Å². The quantitative estimate of drug-likeness (QED) is 0.825. The molecule has 0 radical (unpaired) electrons. The minimum Gasteiger partial charge on any atom is -0.384 e. The van der Waals surface area contributed by atoms with E-state index >= 15 is 0 Å². The number of aliphatic hydroxyl groups is 1. The molecule has 0 bridgehead atoms. The van der Waals surface area contributed by atoms with Crippen LogP contribution in [0.2, 0.25) is 0 Å². The van der Waals surface area contributed by atoms with Crippen molar-refractivity contribution < 1.29 is 5.11 Å². The molecule has 1 heterocycles. The van der Waals surface area contributed by atoms with Gasteiger partial charge in [0.1, 0.15) is 5.60 Å². The first-order valence-corrected chi connectivity index (χ1v) is 6.43. The second-order valence-electron chi connectivity index (χ2n) is 4.92.